The van der Waals surface area contributed by atoms with E-state index in [0.29, 0.717) is 6.61 Å². The molecule has 0 unspecified atom stereocenters. The van der Waals surface area contributed by atoms with Crippen LogP contribution in [0.25, 0.3) is 0 Å². The number of hydrogen-bond donors (Lipinski definition) is 2. The number of halogens is 1. The van der Waals surface area contributed by atoms with Crippen LogP contribution in [-0.4, -0.2) is 39.3 Å². The molecule has 0 atom stereocenters. The molecule has 1 rings (SSSR count). The summed E-state index contributed by atoms with van der Waals surface area (Å²) >= 11 is 0. The SMILES string of the molecule is CCNC(=NCCCOc1ccc(OC)cc1)NCC.I. The van der Waals surface area contributed by atoms with Crippen LogP contribution in [0.4, 0.5) is 0 Å². The molecule has 120 valence electrons. The molecule has 0 amide bonds. The van der Waals surface area contributed by atoms with Crippen LogP contribution in [-0.2, 0) is 0 Å². The van der Waals surface area contributed by atoms with Gasteiger partial charge in [-0.05, 0) is 38.1 Å². The lowest BCUT2D eigenvalue weighted by Gasteiger charge is -2.09. The largest absolute Gasteiger partial charge is 0.497 e. The average molecular weight is 407 g/mol. The number of methoxy groups -OCH3 is 1. The zero-order valence-corrected chi connectivity index (χ0v) is 15.3. The molecule has 5 nitrogen and oxygen atoms in total. The first-order chi connectivity index (χ1) is 9.80. The van der Waals surface area contributed by atoms with Crippen LogP contribution in [0.2, 0.25) is 0 Å². The van der Waals surface area contributed by atoms with Crippen molar-refractivity contribution in [1.82, 2.24) is 10.6 Å². The van der Waals surface area contributed by atoms with Crippen molar-refractivity contribution in [3.63, 3.8) is 0 Å². The van der Waals surface area contributed by atoms with Crippen LogP contribution in [0.15, 0.2) is 29.3 Å². The number of nitrogens with zero attached hydrogens (tertiary/aromatic N) is 1. The van der Waals surface area contributed by atoms with Gasteiger partial charge in [0.05, 0.1) is 13.7 Å². The van der Waals surface area contributed by atoms with Crippen molar-refractivity contribution in [3.05, 3.63) is 24.3 Å². The first-order valence-corrected chi connectivity index (χ1v) is 7.09. The van der Waals surface area contributed by atoms with Gasteiger partial charge in [0.25, 0.3) is 0 Å². The maximum atomic E-state index is 5.64. The van der Waals surface area contributed by atoms with Crippen LogP contribution >= 0.6 is 24.0 Å². The molecule has 0 bridgehead atoms. The van der Waals surface area contributed by atoms with Crippen molar-refractivity contribution in [2.24, 2.45) is 4.99 Å². The molecule has 2 N–H and O–H groups in total. The number of nitrogens with one attached hydrogen (secondary N) is 2. The molecule has 0 saturated carbocycles. The Morgan fingerprint density at radius 1 is 1.05 bits per heavy atom. The molecule has 0 radical (unpaired) electrons. The van der Waals surface area contributed by atoms with E-state index in [1.54, 1.807) is 7.11 Å². The maximum absolute atomic E-state index is 5.64. The molecule has 0 fully saturated rings. The van der Waals surface area contributed by atoms with E-state index >= 15 is 0 Å². The molecule has 0 aliphatic heterocycles. The van der Waals surface area contributed by atoms with Crippen molar-refractivity contribution in [2.75, 3.05) is 33.4 Å². The van der Waals surface area contributed by atoms with Crippen LogP contribution in [0.1, 0.15) is 20.3 Å². The molecule has 0 spiro atoms. The molecular formula is C15H26IN3O2. The quantitative estimate of drug-likeness (QED) is 0.301. The second kappa shape index (κ2) is 12.6. The maximum Gasteiger partial charge on any atom is 0.191 e. The van der Waals surface area contributed by atoms with Gasteiger partial charge in [-0.3, -0.25) is 4.99 Å². The Kier molecular flexibility index (Phi) is 11.8. The van der Waals surface area contributed by atoms with Crippen molar-refractivity contribution >= 4 is 29.9 Å². The van der Waals surface area contributed by atoms with E-state index in [1.165, 1.54) is 0 Å². The van der Waals surface area contributed by atoms with Gasteiger partial charge >= 0.3 is 0 Å². The van der Waals surface area contributed by atoms with Gasteiger partial charge in [-0.25, -0.2) is 0 Å². The van der Waals surface area contributed by atoms with E-state index in [4.69, 9.17) is 9.47 Å². The smallest absolute Gasteiger partial charge is 0.191 e. The molecule has 1 aromatic rings. The summed E-state index contributed by atoms with van der Waals surface area (Å²) in [5.74, 6) is 2.55. The zero-order chi connectivity index (χ0) is 14.6. The second-order valence-corrected chi connectivity index (χ2v) is 4.17. The first kappa shape index (κ1) is 19.8. The molecule has 0 aromatic heterocycles. The summed E-state index contributed by atoms with van der Waals surface area (Å²) < 4.78 is 10.7. The number of guanidine groups is 1. The van der Waals surface area contributed by atoms with Crippen LogP contribution in [0.5, 0.6) is 11.5 Å². The van der Waals surface area contributed by atoms with E-state index in [0.717, 1.165) is 43.5 Å². The molecule has 1 aromatic carbocycles. The van der Waals surface area contributed by atoms with Gasteiger partial charge in [-0.15, -0.1) is 24.0 Å². The Labute approximate surface area is 144 Å². The predicted molar refractivity (Wildman–Crippen MR) is 98.2 cm³/mol. The first-order valence-electron chi connectivity index (χ1n) is 7.09. The zero-order valence-electron chi connectivity index (χ0n) is 13.0. The average Bonchev–Trinajstić information content (AvgIpc) is 2.48. The Bertz CT molecular complexity index is 388. The molecule has 21 heavy (non-hydrogen) atoms. The molecule has 0 aliphatic rings. The van der Waals surface area contributed by atoms with Crippen molar-refractivity contribution in [1.29, 1.82) is 0 Å². The number of ether oxygens (including phenoxy) is 2. The van der Waals surface area contributed by atoms with E-state index in [1.807, 2.05) is 24.3 Å². The van der Waals surface area contributed by atoms with Crippen molar-refractivity contribution < 1.29 is 9.47 Å². The number of benzene rings is 1. The Morgan fingerprint density at radius 3 is 2.14 bits per heavy atom. The number of rotatable bonds is 8. The molecule has 0 aliphatic carbocycles. The normalized spacial score (nSPS) is 9.29. The van der Waals surface area contributed by atoms with E-state index in [9.17, 15) is 0 Å². The van der Waals surface area contributed by atoms with Gasteiger partial charge < -0.3 is 20.1 Å². The van der Waals surface area contributed by atoms with Crippen LogP contribution in [0.3, 0.4) is 0 Å². The highest BCUT2D eigenvalue weighted by Gasteiger charge is 1.96. The predicted octanol–water partition coefficient (Wildman–Crippen LogP) is 2.66. The summed E-state index contributed by atoms with van der Waals surface area (Å²) in [5, 5.41) is 6.38. The topological polar surface area (TPSA) is 54.9 Å². The van der Waals surface area contributed by atoms with Crippen LogP contribution < -0.4 is 20.1 Å². The lowest BCUT2D eigenvalue weighted by atomic mass is 10.3. The summed E-state index contributed by atoms with van der Waals surface area (Å²) in [4.78, 5) is 4.46. The fourth-order valence-electron chi connectivity index (χ4n) is 1.63. The Morgan fingerprint density at radius 2 is 1.62 bits per heavy atom. The number of aliphatic imine (C=N–C) groups is 1. The highest BCUT2D eigenvalue weighted by molar-refractivity contribution is 14.0. The second-order valence-electron chi connectivity index (χ2n) is 4.17. The monoisotopic (exact) mass is 407 g/mol. The van der Waals surface area contributed by atoms with Gasteiger partial charge in [0, 0.05) is 26.1 Å². The summed E-state index contributed by atoms with van der Waals surface area (Å²) in [6.45, 7) is 7.24. The van der Waals surface area contributed by atoms with Gasteiger partial charge in [0.15, 0.2) is 5.96 Å². The number of hydrogen-bond acceptors (Lipinski definition) is 3. The van der Waals surface area contributed by atoms with Gasteiger partial charge in [0.1, 0.15) is 11.5 Å². The van der Waals surface area contributed by atoms with E-state index in [-0.39, 0.29) is 24.0 Å². The molecule has 0 saturated heterocycles. The Balaban J connectivity index is 0.00000400. The fourth-order valence-corrected chi connectivity index (χ4v) is 1.63. The third kappa shape index (κ3) is 8.64. The van der Waals surface area contributed by atoms with Gasteiger partial charge in [-0.2, -0.15) is 0 Å². The van der Waals surface area contributed by atoms with Gasteiger partial charge in [-0.1, -0.05) is 0 Å². The minimum Gasteiger partial charge on any atom is -0.497 e. The summed E-state index contributed by atoms with van der Waals surface area (Å²) in [6, 6.07) is 7.60. The third-order valence-electron chi connectivity index (χ3n) is 2.59. The highest BCUT2D eigenvalue weighted by Crippen LogP contribution is 2.16. The third-order valence-corrected chi connectivity index (χ3v) is 2.59. The lowest BCUT2D eigenvalue weighted by molar-refractivity contribution is 0.312. The van der Waals surface area contributed by atoms with Gasteiger partial charge in [0.2, 0.25) is 0 Å². The standard InChI is InChI=1S/C15H25N3O2.HI/c1-4-16-15(17-5-2)18-11-6-12-20-14-9-7-13(19-3)8-10-14;/h7-10H,4-6,11-12H2,1-3H3,(H2,16,17,18);1H. The van der Waals surface area contributed by atoms with Crippen molar-refractivity contribution in [2.45, 2.75) is 20.3 Å². The minimum absolute atomic E-state index is 0. The highest BCUT2D eigenvalue weighted by atomic mass is 127. The van der Waals surface area contributed by atoms with Crippen molar-refractivity contribution in [3.8, 4) is 11.5 Å². The van der Waals surface area contributed by atoms with E-state index in [2.05, 4.69) is 29.5 Å². The minimum atomic E-state index is 0. The van der Waals surface area contributed by atoms with Crippen LogP contribution in [0, 0.1) is 0 Å². The lowest BCUT2D eigenvalue weighted by Crippen LogP contribution is -2.37. The summed E-state index contributed by atoms with van der Waals surface area (Å²) in [7, 11) is 1.65. The molecule has 6 heteroatoms. The molecule has 0 heterocycles. The Hall–Kier alpha value is -1.18. The summed E-state index contributed by atoms with van der Waals surface area (Å²) in [5.41, 5.74) is 0. The fraction of sp³-hybridized carbons (Fsp3) is 0.533. The van der Waals surface area contributed by atoms with E-state index < -0.39 is 0 Å². The molecular weight excluding hydrogens is 381 g/mol. The summed E-state index contributed by atoms with van der Waals surface area (Å²) in [6.07, 6.45) is 0.881.